The van der Waals surface area contributed by atoms with Crippen LogP contribution in [-0.4, -0.2) is 48.2 Å². The number of aromatic nitrogens is 2. The van der Waals surface area contributed by atoms with Gasteiger partial charge < -0.3 is 20.1 Å². The largest absolute Gasteiger partial charge is 0.493 e. The summed E-state index contributed by atoms with van der Waals surface area (Å²) in [6.07, 6.45) is 3.01. The average molecular weight is 409 g/mol. The van der Waals surface area contributed by atoms with E-state index in [0.717, 1.165) is 52.3 Å². The van der Waals surface area contributed by atoms with Crippen molar-refractivity contribution in [2.75, 3.05) is 26.1 Å². The summed E-state index contributed by atoms with van der Waals surface area (Å²) in [5.74, 6) is 1.52. The minimum Gasteiger partial charge on any atom is -0.493 e. The Balaban J connectivity index is 1.46. The van der Waals surface area contributed by atoms with Crippen LogP contribution in [0.3, 0.4) is 0 Å². The Labute approximate surface area is 167 Å². The first-order chi connectivity index (χ1) is 13.1. The summed E-state index contributed by atoms with van der Waals surface area (Å²) in [6, 6.07) is 6.28. The molecule has 1 amide bonds. The van der Waals surface area contributed by atoms with E-state index in [1.165, 1.54) is 23.1 Å². The second kappa shape index (κ2) is 9.27. The van der Waals surface area contributed by atoms with E-state index in [2.05, 4.69) is 20.8 Å². The number of thioether (sulfide) groups is 1. The van der Waals surface area contributed by atoms with E-state index in [0.29, 0.717) is 6.04 Å². The van der Waals surface area contributed by atoms with Gasteiger partial charge in [-0.05, 0) is 43.9 Å². The highest BCUT2D eigenvalue weighted by molar-refractivity contribution is 8.02. The zero-order chi connectivity index (χ0) is 19.2. The summed E-state index contributed by atoms with van der Waals surface area (Å²) in [6.45, 7) is 2.63. The van der Waals surface area contributed by atoms with Crippen molar-refractivity contribution in [3.8, 4) is 11.5 Å². The highest BCUT2D eigenvalue weighted by atomic mass is 32.2. The van der Waals surface area contributed by atoms with Gasteiger partial charge in [0, 0.05) is 12.6 Å². The average Bonchev–Trinajstić information content (AvgIpc) is 3.38. The maximum absolute atomic E-state index is 12.0. The number of amides is 1. The molecule has 1 heterocycles. The first-order valence-electron chi connectivity index (χ1n) is 8.84. The summed E-state index contributed by atoms with van der Waals surface area (Å²) in [4.78, 5) is 12.0. The molecule has 27 heavy (non-hydrogen) atoms. The van der Waals surface area contributed by atoms with Crippen LogP contribution in [0.5, 0.6) is 11.5 Å². The van der Waals surface area contributed by atoms with Crippen molar-refractivity contribution >= 4 is 34.1 Å². The number of ether oxygens (including phenoxy) is 2. The number of hydrogen-bond donors (Lipinski definition) is 2. The molecule has 7 nitrogen and oxygen atoms in total. The summed E-state index contributed by atoms with van der Waals surface area (Å²) in [5.41, 5.74) is 1.14. The van der Waals surface area contributed by atoms with Gasteiger partial charge in [-0.1, -0.05) is 29.2 Å². The van der Waals surface area contributed by atoms with Crippen molar-refractivity contribution in [1.29, 1.82) is 0 Å². The molecule has 0 spiro atoms. The molecule has 0 saturated heterocycles. The Morgan fingerprint density at radius 3 is 2.78 bits per heavy atom. The van der Waals surface area contributed by atoms with Crippen LogP contribution in [-0.2, 0) is 11.2 Å². The van der Waals surface area contributed by atoms with E-state index in [1.54, 1.807) is 14.2 Å². The number of nitrogens with one attached hydrogen (secondary N) is 2. The van der Waals surface area contributed by atoms with Gasteiger partial charge in [-0.3, -0.25) is 4.79 Å². The van der Waals surface area contributed by atoms with Crippen molar-refractivity contribution < 1.29 is 14.3 Å². The van der Waals surface area contributed by atoms with Crippen molar-refractivity contribution in [2.45, 2.75) is 41.8 Å². The zero-order valence-electron chi connectivity index (χ0n) is 15.7. The molecule has 1 aromatic carbocycles. The SMILES string of the molecule is COc1ccc(CCNc2nnc(S[C@@H](C)C(=O)NC3CC3)s2)cc1OC. The zero-order valence-corrected chi connectivity index (χ0v) is 17.3. The van der Waals surface area contributed by atoms with Gasteiger partial charge in [-0.25, -0.2) is 0 Å². The highest BCUT2D eigenvalue weighted by Crippen LogP contribution is 2.30. The summed E-state index contributed by atoms with van der Waals surface area (Å²) in [5, 5.41) is 15.2. The molecule has 0 aliphatic heterocycles. The maximum Gasteiger partial charge on any atom is 0.233 e. The fraction of sp³-hybridized carbons (Fsp3) is 0.500. The lowest BCUT2D eigenvalue weighted by Crippen LogP contribution is -2.32. The predicted octanol–water partition coefficient (Wildman–Crippen LogP) is 2.97. The third-order valence-corrected chi connectivity index (χ3v) is 6.18. The smallest absolute Gasteiger partial charge is 0.233 e. The highest BCUT2D eigenvalue weighted by Gasteiger charge is 2.26. The van der Waals surface area contributed by atoms with E-state index < -0.39 is 0 Å². The van der Waals surface area contributed by atoms with E-state index in [9.17, 15) is 4.79 Å². The van der Waals surface area contributed by atoms with Gasteiger partial charge in [0.1, 0.15) is 0 Å². The molecule has 1 fully saturated rings. The molecule has 3 rings (SSSR count). The molecule has 1 saturated carbocycles. The molecule has 0 bridgehead atoms. The number of carbonyl (C=O) groups is 1. The second-order valence-corrected chi connectivity index (χ2v) is 8.85. The number of hydrogen-bond acceptors (Lipinski definition) is 8. The van der Waals surface area contributed by atoms with Crippen LogP contribution in [0.15, 0.2) is 22.5 Å². The third kappa shape index (κ3) is 5.74. The van der Waals surface area contributed by atoms with Gasteiger partial charge in [0.15, 0.2) is 15.8 Å². The van der Waals surface area contributed by atoms with Crippen molar-refractivity contribution in [1.82, 2.24) is 15.5 Å². The van der Waals surface area contributed by atoms with Gasteiger partial charge in [0.25, 0.3) is 0 Å². The predicted molar refractivity (Wildman–Crippen MR) is 108 cm³/mol. The lowest BCUT2D eigenvalue weighted by atomic mass is 10.1. The lowest BCUT2D eigenvalue weighted by Gasteiger charge is -2.09. The van der Waals surface area contributed by atoms with E-state index in [1.807, 2.05) is 25.1 Å². The standard InChI is InChI=1S/C18H24N4O3S2/c1-11(16(23)20-13-5-6-13)26-18-22-21-17(27-18)19-9-8-12-4-7-14(24-2)15(10-12)25-3/h4,7,10-11,13H,5-6,8-9H2,1-3H3,(H,19,21)(H,20,23)/t11-/m0/s1. The molecule has 0 unspecified atom stereocenters. The molecule has 1 atom stereocenters. The van der Waals surface area contributed by atoms with Crippen LogP contribution in [0.2, 0.25) is 0 Å². The van der Waals surface area contributed by atoms with Crippen LogP contribution < -0.4 is 20.1 Å². The molecule has 9 heteroatoms. The first-order valence-corrected chi connectivity index (χ1v) is 10.5. The summed E-state index contributed by atoms with van der Waals surface area (Å²) in [7, 11) is 3.26. The lowest BCUT2D eigenvalue weighted by molar-refractivity contribution is -0.120. The van der Waals surface area contributed by atoms with Gasteiger partial charge in [-0.2, -0.15) is 0 Å². The third-order valence-electron chi connectivity index (χ3n) is 4.11. The van der Waals surface area contributed by atoms with Gasteiger partial charge >= 0.3 is 0 Å². The minimum absolute atomic E-state index is 0.0701. The minimum atomic E-state index is -0.168. The number of rotatable bonds is 10. The molecule has 146 valence electrons. The van der Waals surface area contributed by atoms with Crippen LogP contribution in [0.1, 0.15) is 25.3 Å². The monoisotopic (exact) mass is 408 g/mol. The molecule has 1 aliphatic carbocycles. The van der Waals surface area contributed by atoms with Crippen LogP contribution >= 0.6 is 23.1 Å². The summed E-state index contributed by atoms with van der Waals surface area (Å²) >= 11 is 2.91. The fourth-order valence-corrected chi connectivity index (χ4v) is 4.36. The fourth-order valence-electron chi connectivity index (χ4n) is 2.43. The molecule has 1 aliphatic rings. The number of carbonyl (C=O) groups excluding carboxylic acids is 1. The molecule has 1 aromatic heterocycles. The number of benzene rings is 1. The second-order valence-electron chi connectivity index (χ2n) is 6.28. The van der Waals surface area contributed by atoms with Gasteiger partial charge in [0.2, 0.25) is 11.0 Å². The number of nitrogens with zero attached hydrogens (tertiary/aromatic N) is 2. The molecular formula is C18H24N4O3S2. The Morgan fingerprint density at radius 2 is 2.07 bits per heavy atom. The Hall–Kier alpha value is -2.00. The Kier molecular flexibility index (Phi) is 6.78. The maximum atomic E-state index is 12.0. The van der Waals surface area contributed by atoms with E-state index >= 15 is 0 Å². The van der Waals surface area contributed by atoms with Crippen molar-refractivity contribution in [2.24, 2.45) is 0 Å². The van der Waals surface area contributed by atoms with Crippen molar-refractivity contribution in [3.05, 3.63) is 23.8 Å². The van der Waals surface area contributed by atoms with Gasteiger partial charge in [-0.15, -0.1) is 10.2 Å². The Bertz CT molecular complexity index is 780. The van der Waals surface area contributed by atoms with Crippen molar-refractivity contribution in [3.63, 3.8) is 0 Å². The Morgan fingerprint density at radius 1 is 1.30 bits per heavy atom. The van der Waals surface area contributed by atoms with Crippen LogP contribution in [0, 0.1) is 0 Å². The van der Waals surface area contributed by atoms with Crippen LogP contribution in [0.25, 0.3) is 0 Å². The number of methoxy groups -OCH3 is 2. The van der Waals surface area contributed by atoms with E-state index in [4.69, 9.17) is 9.47 Å². The van der Waals surface area contributed by atoms with Crippen LogP contribution in [0.4, 0.5) is 5.13 Å². The number of anilines is 1. The van der Waals surface area contributed by atoms with E-state index in [-0.39, 0.29) is 11.2 Å². The quantitative estimate of drug-likeness (QED) is 0.585. The summed E-state index contributed by atoms with van der Waals surface area (Å²) < 4.78 is 11.4. The molecule has 2 N–H and O–H groups in total. The topological polar surface area (TPSA) is 85.4 Å². The van der Waals surface area contributed by atoms with Gasteiger partial charge in [0.05, 0.1) is 19.5 Å². The molecular weight excluding hydrogens is 384 g/mol. The molecule has 2 aromatic rings. The molecule has 0 radical (unpaired) electrons. The first kappa shape index (κ1) is 19.8. The normalized spacial score (nSPS) is 14.5.